The standard InChI is InChI=1S/C23H22Cl2N2O3/c1-13(2)27-10-9-19(23(29)30)21(27)20(14-3-5-16(24)6-4-14)12-15-11-17(25)7-8-18(15)22(26)28/h3-11,13,20H,12H2,1-2H3,(H2,26,28)(H,29,30). The SMILES string of the molecule is CC(C)n1ccc(C(=O)O)c1C(Cc1cc(Cl)ccc1C(N)=O)c1ccc(Cl)cc1. The summed E-state index contributed by atoms with van der Waals surface area (Å²) in [5.74, 6) is -1.93. The molecular weight excluding hydrogens is 423 g/mol. The number of aromatic carboxylic acids is 1. The van der Waals surface area contributed by atoms with Crippen molar-refractivity contribution in [3.05, 3.63) is 92.7 Å². The zero-order chi connectivity index (χ0) is 22.0. The van der Waals surface area contributed by atoms with Gasteiger partial charge in [0.05, 0.1) is 5.56 Å². The second kappa shape index (κ2) is 8.94. The smallest absolute Gasteiger partial charge is 0.337 e. The summed E-state index contributed by atoms with van der Waals surface area (Å²) in [5.41, 5.74) is 8.33. The Morgan fingerprint density at radius 1 is 1.00 bits per heavy atom. The molecular formula is C23H22Cl2N2O3. The summed E-state index contributed by atoms with van der Waals surface area (Å²) in [6, 6.07) is 13.8. The van der Waals surface area contributed by atoms with Crippen LogP contribution in [0.2, 0.25) is 10.0 Å². The number of carboxylic acid groups (broad SMARTS) is 1. The second-order valence-electron chi connectivity index (χ2n) is 7.39. The van der Waals surface area contributed by atoms with Crippen molar-refractivity contribution in [1.29, 1.82) is 0 Å². The molecule has 0 saturated carbocycles. The highest BCUT2D eigenvalue weighted by molar-refractivity contribution is 6.31. The molecule has 0 fully saturated rings. The molecule has 0 saturated heterocycles. The molecule has 0 aliphatic rings. The summed E-state index contributed by atoms with van der Waals surface area (Å²) < 4.78 is 1.94. The maximum atomic E-state index is 12.0. The summed E-state index contributed by atoms with van der Waals surface area (Å²) in [6.07, 6.45) is 2.12. The predicted octanol–water partition coefficient (Wildman–Crippen LogP) is 5.55. The van der Waals surface area contributed by atoms with Gasteiger partial charge in [-0.25, -0.2) is 4.79 Å². The number of aromatic nitrogens is 1. The van der Waals surface area contributed by atoms with E-state index in [1.807, 2.05) is 30.5 Å². The van der Waals surface area contributed by atoms with Crippen LogP contribution < -0.4 is 5.73 Å². The lowest BCUT2D eigenvalue weighted by molar-refractivity contribution is 0.0694. The molecule has 5 nitrogen and oxygen atoms in total. The van der Waals surface area contributed by atoms with Crippen molar-refractivity contribution in [2.45, 2.75) is 32.2 Å². The first-order valence-electron chi connectivity index (χ1n) is 9.46. The van der Waals surface area contributed by atoms with Crippen molar-refractivity contribution in [2.24, 2.45) is 5.73 Å². The largest absolute Gasteiger partial charge is 0.478 e. The number of halogens is 2. The molecule has 3 N–H and O–H groups in total. The van der Waals surface area contributed by atoms with Crippen LogP contribution in [0, 0.1) is 0 Å². The molecule has 1 aromatic heterocycles. The number of primary amides is 1. The first-order chi connectivity index (χ1) is 14.2. The van der Waals surface area contributed by atoms with Crippen LogP contribution in [0.4, 0.5) is 0 Å². The molecule has 2 aromatic carbocycles. The summed E-state index contributed by atoms with van der Waals surface area (Å²) in [4.78, 5) is 24.0. The van der Waals surface area contributed by atoms with Gasteiger partial charge in [0, 0.05) is 39.5 Å². The van der Waals surface area contributed by atoms with Crippen molar-refractivity contribution in [3.8, 4) is 0 Å². The van der Waals surface area contributed by atoms with Crippen LogP contribution in [-0.2, 0) is 6.42 Å². The minimum absolute atomic E-state index is 0.0397. The molecule has 0 bridgehead atoms. The van der Waals surface area contributed by atoms with Crippen LogP contribution in [0.3, 0.4) is 0 Å². The van der Waals surface area contributed by atoms with Gasteiger partial charge in [0.15, 0.2) is 0 Å². The number of carboxylic acids is 1. The molecule has 1 heterocycles. The number of amides is 1. The predicted molar refractivity (Wildman–Crippen MR) is 119 cm³/mol. The van der Waals surface area contributed by atoms with Crippen LogP contribution in [0.15, 0.2) is 54.7 Å². The van der Waals surface area contributed by atoms with Gasteiger partial charge in [-0.15, -0.1) is 0 Å². The molecule has 0 spiro atoms. The molecule has 1 unspecified atom stereocenters. The fourth-order valence-electron chi connectivity index (χ4n) is 3.72. The highest BCUT2D eigenvalue weighted by atomic mass is 35.5. The quantitative estimate of drug-likeness (QED) is 0.500. The van der Waals surface area contributed by atoms with E-state index in [1.165, 1.54) is 0 Å². The van der Waals surface area contributed by atoms with E-state index in [4.69, 9.17) is 28.9 Å². The Balaban J connectivity index is 2.23. The van der Waals surface area contributed by atoms with E-state index in [2.05, 4.69) is 0 Å². The normalized spacial score (nSPS) is 12.2. The van der Waals surface area contributed by atoms with Crippen LogP contribution in [-0.4, -0.2) is 21.6 Å². The van der Waals surface area contributed by atoms with Gasteiger partial charge in [-0.1, -0.05) is 35.3 Å². The lowest BCUT2D eigenvalue weighted by Crippen LogP contribution is -2.19. The fourth-order valence-corrected chi connectivity index (χ4v) is 4.04. The third kappa shape index (κ3) is 4.53. The van der Waals surface area contributed by atoms with E-state index in [0.717, 1.165) is 5.56 Å². The Hall–Kier alpha value is -2.76. The van der Waals surface area contributed by atoms with Gasteiger partial charge in [0.1, 0.15) is 0 Å². The van der Waals surface area contributed by atoms with Gasteiger partial charge in [-0.05, 0) is 67.8 Å². The number of nitrogens with two attached hydrogens (primary N) is 1. The first-order valence-corrected chi connectivity index (χ1v) is 10.2. The first kappa shape index (κ1) is 21.9. The van der Waals surface area contributed by atoms with E-state index in [9.17, 15) is 14.7 Å². The van der Waals surface area contributed by atoms with Gasteiger partial charge in [-0.2, -0.15) is 0 Å². The summed E-state index contributed by atoms with van der Waals surface area (Å²) in [7, 11) is 0. The van der Waals surface area contributed by atoms with E-state index in [1.54, 1.807) is 42.6 Å². The van der Waals surface area contributed by atoms with Crippen molar-refractivity contribution < 1.29 is 14.7 Å². The van der Waals surface area contributed by atoms with Crippen molar-refractivity contribution >= 4 is 35.1 Å². The van der Waals surface area contributed by atoms with Gasteiger partial charge < -0.3 is 15.4 Å². The van der Waals surface area contributed by atoms with Crippen LogP contribution in [0.5, 0.6) is 0 Å². The number of benzene rings is 2. The van der Waals surface area contributed by atoms with E-state index in [-0.39, 0.29) is 17.5 Å². The second-order valence-corrected chi connectivity index (χ2v) is 8.27. The third-order valence-electron chi connectivity index (χ3n) is 5.10. The van der Waals surface area contributed by atoms with Gasteiger partial charge >= 0.3 is 5.97 Å². The monoisotopic (exact) mass is 444 g/mol. The Morgan fingerprint density at radius 2 is 1.63 bits per heavy atom. The maximum absolute atomic E-state index is 12.0. The lowest BCUT2D eigenvalue weighted by atomic mass is 9.85. The fraction of sp³-hybridized carbons (Fsp3) is 0.217. The number of carbonyl (C=O) groups is 2. The van der Waals surface area contributed by atoms with Crippen molar-refractivity contribution in [3.63, 3.8) is 0 Å². The number of hydrogen-bond acceptors (Lipinski definition) is 2. The number of carbonyl (C=O) groups excluding carboxylic acids is 1. The highest BCUT2D eigenvalue weighted by Crippen LogP contribution is 2.35. The van der Waals surface area contributed by atoms with Gasteiger partial charge in [0.25, 0.3) is 0 Å². The number of nitrogens with zero attached hydrogens (tertiary/aromatic N) is 1. The average molecular weight is 445 g/mol. The van der Waals surface area contributed by atoms with Crippen LogP contribution in [0.1, 0.15) is 63.3 Å². The van der Waals surface area contributed by atoms with Crippen LogP contribution >= 0.6 is 23.2 Å². The third-order valence-corrected chi connectivity index (χ3v) is 5.59. The number of hydrogen-bond donors (Lipinski definition) is 2. The molecule has 3 aromatic rings. The molecule has 0 aliphatic heterocycles. The molecule has 30 heavy (non-hydrogen) atoms. The zero-order valence-corrected chi connectivity index (χ0v) is 18.1. The Labute approximate surface area is 185 Å². The minimum atomic E-state index is -1.01. The van der Waals surface area contributed by atoms with Crippen LogP contribution in [0.25, 0.3) is 0 Å². The van der Waals surface area contributed by atoms with E-state index in [0.29, 0.717) is 33.3 Å². The zero-order valence-electron chi connectivity index (χ0n) is 16.6. The minimum Gasteiger partial charge on any atom is -0.478 e. The molecule has 0 aliphatic carbocycles. The topological polar surface area (TPSA) is 85.3 Å². The molecule has 0 radical (unpaired) electrons. The van der Waals surface area contributed by atoms with E-state index >= 15 is 0 Å². The van der Waals surface area contributed by atoms with Gasteiger partial charge in [0.2, 0.25) is 5.91 Å². The Morgan fingerprint density at radius 3 is 2.20 bits per heavy atom. The van der Waals surface area contributed by atoms with E-state index < -0.39 is 11.9 Å². The number of rotatable bonds is 7. The highest BCUT2D eigenvalue weighted by Gasteiger charge is 2.27. The van der Waals surface area contributed by atoms with Crippen molar-refractivity contribution in [2.75, 3.05) is 0 Å². The molecule has 1 amide bonds. The summed E-state index contributed by atoms with van der Waals surface area (Å²) in [6.45, 7) is 3.98. The molecule has 1 atom stereocenters. The Kier molecular flexibility index (Phi) is 6.54. The lowest BCUT2D eigenvalue weighted by Gasteiger charge is -2.24. The molecule has 7 heteroatoms. The summed E-state index contributed by atoms with van der Waals surface area (Å²) in [5, 5.41) is 10.9. The molecule has 156 valence electrons. The molecule has 3 rings (SSSR count). The Bertz CT molecular complexity index is 1090. The van der Waals surface area contributed by atoms with Gasteiger partial charge in [-0.3, -0.25) is 4.79 Å². The maximum Gasteiger partial charge on any atom is 0.337 e. The average Bonchev–Trinajstić information content (AvgIpc) is 3.12. The van der Waals surface area contributed by atoms with Crippen molar-refractivity contribution in [1.82, 2.24) is 4.57 Å². The summed E-state index contributed by atoms with van der Waals surface area (Å²) >= 11 is 12.3.